The van der Waals surface area contributed by atoms with Gasteiger partial charge in [-0.05, 0) is 37.0 Å². The van der Waals surface area contributed by atoms with E-state index in [4.69, 9.17) is 9.84 Å². The van der Waals surface area contributed by atoms with Crippen LogP contribution in [-0.4, -0.2) is 18.3 Å². The van der Waals surface area contributed by atoms with Gasteiger partial charge < -0.3 is 9.84 Å². The molecular formula is C14H21O2. The lowest BCUT2D eigenvalue weighted by atomic mass is 9.95. The van der Waals surface area contributed by atoms with E-state index < -0.39 is 0 Å². The van der Waals surface area contributed by atoms with Crippen LogP contribution in [0.1, 0.15) is 43.7 Å². The number of hydrogen-bond donors (Lipinski definition) is 1. The first-order chi connectivity index (χ1) is 7.60. The Morgan fingerprint density at radius 1 is 1.38 bits per heavy atom. The highest BCUT2D eigenvalue weighted by Crippen LogP contribution is 2.30. The van der Waals surface area contributed by atoms with Crippen LogP contribution in [0.2, 0.25) is 0 Å². The standard InChI is InChI=1S/C14H21O2/c1-5-16-14-8-12(11(4)9-15)6-7-13(14)10(2)3/h6-8,10-11,15H,4-5,9H2,1-3H3. The predicted molar refractivity (Wildman–Crippen MR) is 66.9 cm³/mol. The van der Waals surface area contributed by atoms with Crippen LogP contribution in [0.15, 0.2) is 18.2 Å². The van der Waals surface area contributed by atoms with Crippen molar-refractivity contribution in [3.8, 4) is 5.75 Å². The fourth-order valence-electron chi connectivity index (χ4n) is 1.67. The van der Waals surface area contributed by atoms with Gasteiger partial charge in [-0.15, -0.1) is 0 Å². The average Bonchev–Trinajstić information content (AvgIpc) is 2.28. The van der Waals surface area contributed by atoms with E-state index in [1.165, 1.54) is 5.56 Å². The fourth-order valence-corrected chi connectivity index (χ4v) is 1.67. The third-order valence-electron chi connectivity index (χ3n) is 2.65. The predicted octanol–water partition coefficient (Wildman–Crippen LogP) is 3.12. The van der Waals surface area contributed by atoms with Crippen molar-refractivity contribution in [2.45, 2.75) is 32.6 Å². The second-order valence-corrected chi connectivity index (χ2v) is 4.26. The Morgan fingerprint density at radius 2 is 2.06 bits per heavy atom. The number of aliphatic hydroxyl groups is 1. The van der Waals surface area contributed by atoms with E-state index in [1.54, 1.807) is 0 Å². The molecule has 2 nitrogen and oxygen atoms in total. The lowest BCUT2D eigenvalue weighted by molar-refractivity contribution is 0.282. The third-order valence-corrected chi connectivity index (χ3v) is 2.65. The highest BCUT2D eigenvalue weighted by Gasteiger charge is 2.11. The van der Waals surface area contributed by atoms with Gasteiger partial charge in [-0.3, -0.25) is 0 Å². The zero-order chi connectivity index (χ0) is 12.1. The van der Waals surface area contributed by atoms with E-state index in [2.05, 4.69) is 26.8 Å². The smallest absolute Gasteiger partial charge is 0.123 e. The maximum absolute atomic E-state index is 9.08. The molecule has 1 unspecified atom stereocenters. The molecule has 0 bridgehead atoms. The van der Waals surface area contributed by atoms with Crippen LogP contribution in [0.4, 0.5) is 0 Å². The second-order valence-electron chi connectivity index (χ2n) is 4.26. The Kier molecular flexibility index (Phi) is 4.81. The Labute approximate surface area is 98.3 Å². The summed E-state index contributed by atoms with van der Waals surface area (Å²) in [4.78, 5) is 0. The highest BCUT2D eigenvalue weighted by molar-refractivity contribution is 5.41. The molecule has 1 aromatic rings. The molecule has 0 fully saturated rings. The first-order valence-corrected chi connectivity index (χ1v) is 5.80. The van der Waals surface area contributed by atoms with Gasteiger partial charge in [0.25, 0.3) is 0 Å². The minimum atomic E-state index is -0.0829. The highest BCUT2D eigenvalue weighted by atomic mass is 16.5. The molecule has 0 spiro atoms. The van der Waals surface area contributed by atoms with Crippen molar-refractivity contribution < 1.29 is 9.84 Å². The molecule has 0 heterocycles. The summed E-state index contributed by atoms with van der Waals surface area (Å²) in [7, 11) is 0. The van der Waals surface area contributed by atoms with Gasteiger partial charge in [0.15, 0.2) is 0 Å². The van der Waals surface area contributed by atoms with Crippen molar-refractivity contribution in [2.75, 3.05) is 13.2 Å². The van der Waals surface area contributed by atoms with Crippen LogP contribution in [0, 0.1) is 6.92 Å². The normalized spacial score (nSPS) is 12.9. The maximum Gasteiger partial charge on any atom is 0.123 e. The Balaban J connectivity index is 3.06. The molecule has 16 heavy (non-hydrogen) atoms. The van der Waals surface area contributed by atoms with E-state index in [-0.39, 0.29) is 12.5 Å². The van der Waals surface area contributed by atoms with Crippen molar-refractivity contribution in [1.82, 2.24) is 0 Å². The number of aliphatic hydroxyl groups excluding tert-OH is 1. The van der Waals surface area contributed by atoms with Crippen LogP contribution >= 0.6 is 0 Å². The van der Waals surface area contributed by atoms with Gasteiger partial charge in [0.2, 0.25) is 0 Å². The molecule has 1 N–H and O–H groups in total. The SMILES string of the molecule is [CH2]C(CO)c1ccc(C(C)C)c(OCC)c1. The van der Waals surface area contributed by atoms with Crippen molar-refractivity contribution >= 4 is 0 Å². The van der Waals surface area contributed by atoms with E-state index in [0.29, 0.717) is 12.5 Å². The zero-order valence-electron chi connectivity index (χ0n) is 10.4. The molecule has 0 aliphatic rings. The molecule has 1 atom stereocenters. The zero-order valence-corrected chi connectivity index (χ0v) is 10.4. The van der Waals surface area contributed by atoms with Gasteiger partial charge in [-0.25, -0.2) is 0 Å². The minimum Gasteiger partial charge on any atom is -0.494 e. The number of rotatable bonds is 5. The first-order valence-electron chi connectivity index (χ1n) is 5.80. The molecule has 89 valence electrons. The molecule has 0 saturated carbocycles. The number of hydrogen-bond acceptors (Lipinski definition) is 2. The van der Waals surface area contributed by atoms with Gasteiger partial charge in [-0.2, -0.15) is 0 Å². The molecule has 2 heteroatoms. The van der Waals surface area contributed by atoms with E-state index in [9.17, 15) is 0 Å². The van der Waals surface area contributed by atoms with Gasteiger partial charge >= 0.3 is 0 Å². The summed E-state index contributed by atoms with van der Waals surface area (Å²) in [6.07, 6.45) is 0. The lowest BCUT2D eigenvalue weighted by Gasteiger charge is -2.16. The molecule has 1 radical (unpaired) electrons. The summed E-state index contributed by atoms with van der Waals surface area (Å²) in [5.74, 6) is 1.27. The van der Waals surface area contributed by atoms with Crippen LogP contribution in [-0.2, 0) is 0 Å². The number of benzene rings is 1. The Bertz CT molecular complexity index is 332. The minimum absolute atomic E-state index is 0.0621. The molecule has 0 aliphatic heterocycles. The Hall–Kier alpha value is -1.02. The molecule has 1 rings (SSSR count). The molecule has 0 aromatic heterocycles. The van der Waals surface area contributed by atoms with E-state index in [0.717, 1.165) is 11.3 Å². The van der Waals surface area contributed by atoms with Crippen LogP contribution in [0.3, 0.4) is 0 Å². The van der Waals surface area contributed by atoms with Gasteiger partial charge in [0.1, 0.15) is 5.75 Å². The molecule has 0 amide bonds. The van der Waals surface area contributed by atoms with Gasteiger partial charge in [0, 0.05) is 12.5 Å². The van der Waals surface area contributed by atoms with Crippen molar-refractivity contribution in [3.63, 3.8) is 0 Å². The van der Waals surface area contributed by atoms with E-state index in [1.807, 2.05) is 19.1 Å². The van der Waals surface area contributed by atoms with Crippen molar-refractivity contribution in [1.29, 1.82) is 0 Å². The molecular weight excluding hydrogens is 200 g/mol. The molecule has 0 saturated heterocycles. The monoisotopic (exact) mass is 221 g/mol. The Morgan fingerprint density at radius 3 is 2.56 bits per heavy atom. The second kappa shape index (κ2) is 5.90. The topological polar surface area (TPSA) is 29.5 Å². The van der Waals surface area contributed by atoms with Gasteiger partial charge in [0.05, 0.1) is 6.61 Å². The molecule has 1 aromatic carbocycles. The summed E-state index contributed by atoms with van der Waals surface area (Å²) < 4.78 is 5.62. The largest absolute Gasteiger partial charge is 0.494 e. The van der Waals surface area contributed by atoms with Crippen molar-refractivity contribution in [2.24, 2.45) is 0 Å². The lowest BCUT2D eigenvalue weighted by Crippen LogP contribution is -2.03. The third kappa shape index (κ3) is 2.99. The summed E-state index contributed by atoms with van der Waals surface area (Å²) in [6, 6.07) is 6.08. The summed E-state index contributed by atoms with van der Waals surface area (Å²) in [5, 5.41) is 9.08. The summed E-state index contributed by atoms with van der Waals surface area (Å²) in [5.41, 5.74) is 2.23. The molecule has 0 aliphatic carbocycles. The summed E-state index contributed by atoms with van der Waals surface area (Å²) >= 11 is 0. The first kappa shape index (κ1) is 13.0. The fraction of sp³-hybridized carbons (Fsp3) is 0.500. The summed E-state index contributed by atoms with van der Waals surface area (Å²) in [6.45, 7) is 10.9. The van der Waals surface area contributed by atoms with Crippen LogP contribution < -0.4 is 4.74 Å². The average molecular weight is 221 g/mol. The quantitative estimate of drug-likeness (QED) is 0.827. The number of ether oxygens (including phenoxy) is 1. The van der Waals surface area contributed by atoms with E-state index >= 15 is 0 Å². The van der Waals surface area contributed by atoms with Gasteiger partial charge in [-0.1, -0.05) is 26.0 Å². The van der Waals surface area contributed by atoms with Crippen LogP contribution in [0.25, 0.3) is 0 Å². The maximum atomic E-state index is 9.08. The van der Waals surface area contributed by atoms with Crippen LogP contribution in [0.5, 0.6) is 5.75 Å². The van der Waals surface area contributed by atoms with Crippen molar-refractivity contribution in [3.05, 3.63) is 36.2 Å².